The SMILES string of the molecule is C[C@H](c1ccccc1)N1CC[C@H](NC[C@](C)(O)CN2CCOCC2)C1. The lowest BCUT2D eigenvalue weighted by molar-refractivity contribution is -0.0227. The number of hydrogen-bond acceptors (Lipinski definition) is 5. The van der Waals surface area contributed by atoms with Gasteiger partial charge in [0.05, 0.1) is 18.8 Å². The number of aliphatic hydroxyl groups is 1. The first-order valence-corrected chi connectivity index (χ1v) is 9.58. The zero-order valence-corrected chi connectivity index (χ0v) is 15.7. The molecule has 2 heterocycles. The summed E-state index contributed by atoms with van der Waals surface area (Å²) in [6, 6.07) is 11.6. The number of hydrogen-bond donors (Lipinski definition) is 2. The average molecular weight is 348 g/mol. The maximum Gasteiger partial charge on any atom is 0.0869 e. The van der Waals surface area contributed by atoms with Crippen LogP contribution in [0.15, 0.2) is 30.3 Å². The maximum atomic E-state index is 10.7. The van der Waals surface area contributed by atoms with Crippen LogP contribution in [0.5, 0.6) is 0 Å². The van der Waals surface area contributed by atoms with Crippen molar-refractivity contribution in [2.45, 2.75) is 38.0 Å². The van der Waals surface area contributed by atoms with Gasteiger partial charge in [0.2, 0.25) is 0 Å². The van der Waals surface area contributed by atoms with Crippen LogP contribution in [-0.2, 0) is 4.74 Å². The molecule has 0 unspecified atom stereocenters. The van der Waals surface area contributed by atoms with Crippen LogP contribution in [0.4, 0.5) is 0 Å². The maximum absolute atomic E-state index is 10.7. The van der Waals surface area contributed by atoms with E-state index in [1.165, 1.54) is 5.56 Å². The second-order valence-corrected chi connectivity index (χ2v) is 7.83. The van der Waals surface area contributed by atoms with E-state index in [-0.39, 0.29) is 0 Å². The van der Waals surface area contributed by atoms with Crippen molar-refractivity contribution in [1.82, 2.24) is 15.1 Å². The molecule has 2 N–H and O–H groups in total. The van der Waals surface area contributed by atoms with E-state index < -0.39 is 5.60 Å². The fourth-order valence-corrected chi connectivity index (χ4v) is 3.91. The Hall–Kier alpha value is -0.980. The number of likely N-dealkylation sites (tertiary alicyclic amines) is 1. The van der Waals surface area contributed by atoms with Gasteiger partial charge in [0, 0.05) is 51.4 Å². The Morgan fingerprint density at radius 1 is 1.24 bits per heavy atom. The molecule has 5 nitrogen and oxygen atoms in total. The van der Waals surface area contributed by atoms with Gasteiger partial charge >= 0.3 is 0 Å². The number of ether oxygens (including phenoxy) is 1. The van der Waals surface area contributed by atoms with Crippen molar-refractivity contribution in [3.63, 3.8) is 0 Å². The van der Waals surface area contributed by atoms with Crippen LogP contribution in [0.1, 0.15) is 31.9 Å². The third kappa shape index (κ3) is 5.50. The van der Waals surface area contributed by atoms with E-state index in [4.69, 9.17) is 4.74 Å². The minimum Gasteiger partial charge on any atom is -0.388 e. The molecule has 0 aliphatic carbocycles. The van der Waals surface area contributed by atoms with Crippen molar-refractivity contribution >= 4 is 0 Å². The number of nitrogens with zero attached hydrogens (tertiary/aromatic N) is 2. The van der Waals surface area contributed by atoms with Gasteiger partial charge in [-0.2, -0.15) is 0 Å². The minimum atomic E-state index is -0.699. The first-order valence-electron chi connectivity index (χ1n) is 9.58. The molecule has 5 heteroatoms. The second kappa shape index (κ2) is 8.60. The fraction of sp³-hybridized carbons (Fsp3) is 0.700. The largest absolute Gasteiger partial charge is 0.388 e. The molecule has 3 atom stereocenters. The van der Waals surface area contributed by atoms with E-state index in [0.29, 0.717) is 25.2 Å². The normalized spacial score (nSPS) is 26.4. The first-order chi connectivity index (χ1) is 12.0. The Bertz CT molecular complexity index is 517. The molecule has 0 amide bonds. The van der Waals surface area contributed by atoms with Gasteiger partial charge in [0.25, 0.3) is 0 Å². The van der Waals surface area contributed by atoms with Crippen LogP contribution in [-0.4, -0.2) is 79.0 Å². The van der Waals surface area contributed by atoms with E-state index >= 15 is 0 Å². The Morgan fingerprint density at radius 2 is 1.96 bits per heavy atom. The van der Waals surface area contributed by atoms with Crippen molar-refractivity contribution in [2.75, 3.05) is 52.5 Å². The monoisotopic (exact) mass is 347 g/mol. The number of β-amino-alcohol motifs (C(OH)–C–C–N with tert-alkyl or cyclic N) is 1. The Balaban J connectivity index is 1.43. The molecule has 140 valence electrons. The summed E-state index contributed by atoms with van der Waals surface area (Å²) in [6.07, 6.45) is 1.14. The number of morpholine rings is 1. The Morgan fingerprint density at radius 3 is 2.68 bits per heavy atom. The zero-order valence-electron chi connectivity index (χ0n) is 15.7. The summed E-state index contributed by atoms with van der Waals surface area (Å²) in [5.41, 5.74) is 0.679. The van der Waals surface area contributed by atoms with E-state index in [2.05, 4.69) is 52.4 Å². The van der Waals surface area contributed by atoms with Gasteiger partial charge in [0.1, 0.15) is 0 Å². The topological polar surface area (TPSA) is 48.0 Å². The lowest BCUT2D eigenvalue weighted by Gasteiger charge is -2.34. The predicted octanol–water partition coefficient (Wildman–Crippen LogP) is 1.49. The Labute approximate surface area is 152 Å². The molecule has 0 spiro atoms. The molecule has 1 aromatic carbocycles. The van der Waals surface area contributed by atoms with Crippen molar-refractivity contribution in [3.8, 4) is 0 Å². The number of benzene rings is 1. The van der Waals surface area contributed by atoms with Crippen molar-refractivity contribution in [1.29, 1.82) is 0 Å². The van der Waals surface area contributed by atoms with Crippen molar-refractivity contribution < 1.29 is 9.84 Å². The molecule has 2 saturated heterocycles. The summed E-state index contributed by atoms with van der Waals surface area (Å²) in [5.74, 6) is 0. The summed E-state index contributed by atoms with van der Waals surface area (Å²) in [6.45, 7) is 11.1. The number of nitrogens with one attached hydrogen (secondary N) is 1. The molecular weight excluding hydrogens is 314 g/mol. The molecular formula is C20H33N3O2. The predicted molar refractivity (Wildman–Crippen MR) is 101 cm³/mol. The third-order valence-corrected chi connectivity index (χ3v) is 5.49. The zero-order chi connectivity index (χ0) is 17.7. The molecule has 2 aliphatic heterocycles. The van der Waals surface area contributed by atoms with Crippen molar-refractivity contribution in [3.05, 3.63) is 35.9 Å². The molecule has 2 fully saturated rings. The van der Waals surface area contributed by atoms with Crippen LogP contribution >= 0.6 is 0 Å². The molecule has 25 heavy (non-hydrogen) atoms. The smallest absolute Gasteiger partial charge is 0.0869 e. The molecule has 0 saturated carbocycles. The van der Waals surface area contributed by atoms with Crippen molar-refractivity contribution in [2.24, 2.45) is 0 Å². The molecule has 0 radical (unpaired) electrons. The highest BCUT2D eigenvalue weighted by Crippen LogP contribution is 2.24. The highest BCUT2D eigenvalue weighted by molar-refractivity contribution is 5.18. The summed E-state index contributed by atoms with van der Waals surface area (Å²) >= 11 is 0. The van der Waals surface area contributed by atoms with Crippen LogP contribution in [0.2, 0.25) is 0 Å². The van der Waals surface area contributed by atoms with Crippen LogP contribution in [0, 0.1) is 0 Å². The van der Waals surface area contributed by atoms with Gasteiger partial charge < -0.3 is 15.2 Å². The number of rotatable bonds is 7. The van der Waals surface area contributed by atoms with Crippen LogP contribution in [0.25, 0.3) is 0 Å². The second-order valence-electron chi connectivity index (χ2n) is 7.83. The highest BCUT2D eigenvalue weighted by atomic mass is 16.5. The van der Waals surface area contributed by atoms with Gasteiger partial charge in [-0.3, -0.25) is 9.80 Å². The van der Waals surface area contributed by atoms with E-state index in [9.17, 15) is 5.11 Å². The van der Waals surface area contributed by atoms with E-state index in [0.717, 1.165) is 45.8 Å². The highest BCUT2D eigenvalue weighted by Gasteiger charge is 2.30. The summed E-state index contributed by atoms with van der Waals surface area (Å²) in [7, 11) is 0. The quantitative estimate of drug-likeness (QED) is 0.783. The summed E-state index contributed by atoms with van der Waals surface area (Å²) in [5, 5.41) is 14.3. The standard InChI is InChI=1S/C20H33N3O2/c1-17(18-6-4-3-5-7-18)23-9-8-19(14-23)21-15-20(2,24)16-22-10-12-25-13-11-22/h3-7,17,19,21,24H,8-16H2,1-2H3/t17-,19+,20+/m1/s1. The van der Waals surface area contributed by atoms with E-state index in [1.54, 1.807) is 0 Å². The van der Waals surface area contributed by atoms with Gasteiger partial charge in [-0.15, -0.1) is 0 Å². The molecule has 0 aromatic heterocycles. The lowest BCUT2D eigenvalue weighted by atomic mass is 10.1. The molecule has 3 rings (SSSR count). The van der Waals surface area contributed by atoms with Gasteiger partial charge in [-0.05, 0) is 25.8 Å². The van der Waals surface area contributed by atoms with Gasteiger partial charge in [-0.1, -0.05) is 30.3 Å². The summed E-state index contributed by atoms with van der Waals surface area (Å²) in [4.78, 5) is 4.83. The molecule has 0 bridgehead atoms. The average Bonchev–Trinajstić information content (AvgIpc) is 3.10. The summed E-state index contributed by atoms with van der Waals surface area (Å²) < 4.78 is 5.38. The van der Waals surface area contributed by atoms with Crippen LogP contribution in [0.3, 0.4) is 0 Å². The first kappa shape index (κ1) is 18.8. The van der Waals surface area contributed by atoms with Gasteiger partial charge in [-0.25, -0.2) is 0 Å². The van der Waals surface area contributed by atoms with Crippen LogP contribution < -0.4 is 5.32 Å². The van der Waals surface area contributed by atoms with E-state index in [1.807, 2.05) is 6.92 Å². The fourth-order valence-electron chi connectivity index (χ4n) is 3.91. The Kier molecular flexibility index (Phi) is 6.47. The van der Waals surface area contributed by atoms with Gasteiger partial charge in [0.15, 0.2) is 0 Å². The third-order valence-electron chi connectivity index (χ3n) is 5.49. The minimum absolute atomic E-state index is 0.446. The molecule has 2 aliphatic rings. The molecule has 1 aromatic rings. The lowest BCUT2D eigenvalue weighted by Crippen LogP contribution is -2.52.